The molecular weight excluding hydrogens is 967 g/mol. The summed E-state index contributed by atoms with van der Waals surface area (Å²) in [5, 5.41) is 8.44. The normalized spacial score (nSPS) is 36.7. The Morgan fingerprint density at radius 3 is 2.07 bits per heavy atom. The highest BCUT2D eigenvalue weighted by Crippen LogP contribution is 2.75. The van der Waals surface area contributed by atoms with Gasteiger partial charge >= 0.3 is 35.8 Å². The van der Waals surface area contributed by atoms with E-state index in [2.05, 4.69) is 51.9 Å². The van der Waals surface area contributed by atoms with Gasteiger partial charge in [-0.25, -0.2) is 9.48 Å². The minimum absolute atomic E-state index is 0.0456. The highest BCUT2D eigenvalue weighted by atomic mass is 16.7. The van der Waals surface area contributed by atoms with E-state index in [0.29, 0.717) is 19.3 Å². The Kier molecular flexibility index (Phi) is 15.2. The largest absolute Gasteiger partial charge is 0.497 e. The predicted molar refractivity (Wildman–Crippen MR) is 268 cm³/mol. The molecule has 2 aromatic rings. The first kappa shape index (κ1) is 55.3. The Morgan fingerprint density at radius 2 is 1.41 bits per heavy atom. The van der Waals surface area contributed by atoms with E-state index in [4.69, 9.17) is 37.9 Å². The van der Waals surface area contributed by atoms with Crippen molar-refractivity contribution < 1.29 is 71.5 Å². The monoisotopic (exact) mass is 1040 g/mol. The molecule has 0 amide bonds. The Hall–Kier alpha value is -5.91. The summed E-state index contributed by atoms with van der Waals surface area (Å²) in [6.07, 6.45) is 6.58. The van der Waals surface area contributed by atoms with Gasteiger partial charge in [0.2, 0.25) is 0 Å². The van der Waals surface area contributed by atoms with Crippen molar-refractivity contribution in [3.05, 3.63) is 59.4 Å². The lowest BCUT2D eigenvalue weighted by atomic mass is 9.33. The van der Waals surface area contributed by atoms with Crippen molar-refractivity contribution in [1.82, 2.24) is 15.0 Å². The van der Waals surface area contributed by atoms with Gasteiger partial charge in [0.05, 0.1) is 18.7 Å². The second-order valence-electron chi connectivity index (χ2n) is 24.0. The fourth-order valence-corrected chi connectivity index (χ4v) is 14.8. The minimum atomic E-state index is -1.41. The van der Waals surface area contributed by atoms with Gasteiger partial charge in [0, 0.05) is 45.1 Å². The Balaban J connectivity index is 0.981. The van der Waals surface area contributed by atoms with E-state index in [-0.39, 0.29) is 75.0 Å². The Morgan fingerprint density at radius 1 is 0.760 bits per heavy atom. The highest BCUT2D eigenvalue weighted by molar-refractivity contribution is 5.96. The van der Waals surface area contributed by atoms with E-state index in [1.54, 1.807) is 13.2 Å². The second kappa shape index (κ2) is 20.6. The maximum absolute atomic E-state index is 15.2. The maximum atomic E-state index is 15.2. The Labute approximate surface area is 439 Å². The summed E-state index contributed by atoms with van der Waals surface area (Å²) in [4.78, 5) is 91.9. The molecule has 5 aliphatic carbocycles. The number of benzene rings is 1. The van der Waals surface area contributed by atoms with Gasteiger partial charge in [-0.3, -0.25) is 28.8 Å². The molecule has 14 atom stereocenters. The quantitative estimate of drug-likeness (QED) is 0.105. The van der Waals surface area contributed by atoms with Crippen LogP contribution in [-0.2, 0) is 73.3 Å². The van der Waals surface area contributed by atoms with Crippen LogP contribution >= 0.6 is 0 Å². The number of fused-ring (bicyclic) bond motifs is 7. The molecule has 8 rings (SSSR count). The zero-order chi connectivity index (χ0) is 54.6. The van der Waals surface area contributed by atoms with Crippen LogP contribution in [0.4, 0.5) is 0 Å². The highest BCUT2D eigenvalue weighted by Gasteiger charge is 2.71. The number of aromatic nitrogens is 3. The van der Waals surface area contributed by atoms with Crippen molar-refractivity contribution in [2.45, 2.75) is 177 Å². The van der Waals surface area contributed by atoms with E-state index in [9.17, 15) is 28.8 Å². The summed E-state index contributed by atoms with van der Waals surface area (Å²) < 4.78 is 46.9. The van der Waals surface area contributed by atoms with Crippen LogP contribution in [0.2, 0.25) is 0 Å². The summed E-state index contributed by atoms with van der Waals surface area (Å²) in [5.74, 6) is -2.98. The lowest BCUT2D eigenvalue weighted by Crippen LogP contribution is -2.66. The van der Waals surface area contributed by atoms with Gasteiger partial charge in [0.15, 0.2) is 30.3 Å². The molecule has 18 heteroatoms. The van der Waals surface area contributed by atoms with E-state index >= 15 is 4.79 Å². The number of methoxy groups -OCH3 is 1. The predicted octanol–water partition coefficient (Wildman–Crippen LogP) is 8.19. The molecule has 1 aromatic heterocycles. The van der Waals surface area contributed by atoms with Crippen LogP contribution in [-0.4, -0.2) is 101 Å². The fraction of sp³-hybridized carbons (Fsp3) is 0.667. The molecule has 0 radical (unpaired) electrons. The molecule has 0 bridgehead atoms. The first-order chi connectivity index (χ1) is 35.2. The zero-order valence-corrected chi connectivity index (χ0v) is 45.6. The molecule has 1 saturated heterocycles. The third kappa shape index (κ3) is 10.3. The molecule has 2 heterocycles. The zero-order valence-electron chi connectivity index (χ0n) is 45.6. The van der Waals surface area contributed by atoms with Gasteiger partial charge in [0.25, 0.3) is 0 Å². The van der Waals surface area contributed by atoms with Crippen LogP contribution in [0.5, 0.6) is 5.75 Å². The van der Waals surface area contributed by atoms with E-state index < -0.39 is 72.5 Å². The van der Waals surface area contributed by atoms with Gasteiger partial charge in [-0.15, -0.1) is 5.10 Å². The fourth-order valence-electron chi connectivity index (χ4n) is 14.8. The Bertz CT molecular complexity index is 2640. The number of esters is 6. The van der Waals surface area contributed by atoms with Crippen molar-refractivity contribution in [1.29, 1.82) is 0 Å². The molecule has 0 spiro atoms. The molecule has 5 fully saturated rings. The van der Waals surface area contributed by atoms with Crippen molar-refractivity contribution in [2.24, 2.45) is 50.2 Å². The molecule has 18 nitrogen and oxygen atoms in total. The van der Waals surface area contributed by atoms with E-state index in [0.717, 1.165) is 76.2 Å². The smallest absolute Gasteiger partial charge is 0.331 e. The van der Waals surface area contributed by atoms with Crippen molar-refractivity contribution in [3.63, 3.8) is 0 Å². The average Bonchev–Trinajstić information content (AvgIpc) is 3.84. The first-order valence-corrected chi connectivity index (χ1v) is 26.3. The van der Waals surface area contributed by atoms with Crippen LogP contribution in [0.1, 0.15) is 151 Å². The molecule has 75 heavy (non-hydrogen) atoms. The number of allylic oxidation sites excluding steroid dienone is 2. The van der Waals surface area contributed by atoms with Crippen LogP contribution < -0.4 is 4.74 Å². The molecule has 1 aromatic carbocycles. The summed E-state index contributed by atoms with van der Waals surface area (Å²) in [6.45, 7) is 19.6. The van der Waals surface area contributed by atoms with Gasteiger partial charge in [-0.2, -0.15) is 0 Å². The first-order valence-electron chi connectivity index (χ1n) is 26.3. The molecule has 4 saturated carbocycles. The van der Waals surface area contributed by atoms with Crippen molar-refractivity contribution in [3.8, 4) is 5.75 Å². The summed E-state index contributed by atoms with van der Waals surface area (Å²) in [7, 11) is 1.61. The van der Waals surface area contributed by atoms with Crippen LogP contribution in [0.15, 0.2) is 48.2 Å². The number of ketones is 1. The summed E-state index contributed by atoms with van der Waals surface area (Å²) in [6, 6.07) is 7.47. The molecular formula is C57H75N3O15. The average molecular weight is 1040 g/mol. The summed E-state index contributed by atoms with van der Waals surface area (Å²) in [5.41, 5.74) is -0.155. The number of hydrogen-bond acceptors (Lipinski definition) is 17. The topological polar surface area (TPSA) is 224 Å². The molecule has 14 unspecified atom stereocenters. The number of nitrogens with zero attached hydrogens (tertiary/aromatic N) is 3. The molecule has 1 aliphatic heterocycles. The molecule has 0 N–H and O–H groups in total. The van der Waals surface area contributed by atoms with Crippen molar-refractivity contribution in [2.75, 3.05) is 13.7 Å². The van der Waals surface area contributed by atoms with Crippen LogP contribution in [0, 0.1) is 50.2 Å². The van der Waals surface area contributed by atoms with Gasteiger partial charge in [0.1, 0.15) is 36.9 Å². The number of carbonyl (C=O) groups excluding carboxylic acids is 7. The van der Waals surface area contributed by atoms with Gasteiger partial charge < -0.3 is 37.9 Å². The second-order valence-corrected chi connectivity index (χ2v) is 24.0. The van der Waals surface area contributed by atoms with Crippen LogP contribution in [0.25, 0.3) is 6.08 Å². The van der Waals surface area contributed by atoms with Gasteiger partial charge in [-0.05, 0) is 128 Å². The van der Waals surface area contributed by atoms with E-state index in [1.165, 1.54) is 23.9 Å². The number of carbonyl (C=O) groups is 7. The lowest BCUT2D eigenvalue weighted by Gasteiger charge is -2.70. The maximum Gasteiger partial charge on any atom is 0.331 e. The number of rotatable bonds is 13. The van der Waals surface area contributed by atoms with Gasteiger partial charge in [-0.1, -0.05) is 64.5 Å². The van der Waals surface area contributed by atoms with Crippen LogP contribution in [0.3, 0.4) is 0 Å². The SMILES string of the molecule is COc1ccc(C=CC(=O)OC2CCC3(C)C(CCC4(C)C3C(=O)C=C3C5CC(C)(C(=O)OCc6cn(C7OC(COC(C)=O)C(OC(C)=O)C(OC(C)=O)C7OC(C)=O)nn6)CCC5(C)CCC34C)C2(C)C)cc1. The number of ether oxygens (including phenoxy) is 8. The standard InChI is InChI=1S/C57H75N3O15/c1-32(61)69-31-42-46(71-33(2)62)47(72-34(3)63)48(73-35(4)64)50(74-42)60-29-37(58-59-60)30-70-51(67)54(8)24-23-53(7)25-26-56(10)39(40(53)28-54)27-41(65)49-55(9)21-20-44(52(5,6)43(55)19-22-57(49,56)11)75-45(66)18-15-36-13-16-38(68-12)17-14-36/h13-18,27,29,40,42-44,46-50H,19-26,28,30-31H2,1-12H3. The van der Waals surface area contributed by atoms with Crippen molar-refractivity contribution >= 4 is 47.7 Å². The molecule has 408 valence electrons. The molecule has 6 aliphatic rings. The minimum Gasteiger partial charge on any atom is -0.497 e. The number of hydrogen-bond donors (Lipinski definition) is 0. The summed E-state index contributed by atoms with van der Waals surface area (Å²) >= 11 is 0. The van der Waals surface area contributed by atoms with E-state index in [1.807, 2.05) is 37.3 Å². The third-order valence-electron chi connectivity index (χ3n) is 18.9. The third-order valence-corrected chi connectivity index (χ3v) is 18.9. The lowest BCUT2D eigenvalue weighted by molar-refractivity contribution is -0.270.